The molecule has 2 aromatic carbocycles. The summed E-state index contributed by atoms with van der Waals surface area (Å²) < 4.78 is 10.5. The van der Waals surface area contributed by atoms with Gasteiger partial charge < -0.3 is 24.7 Å². The van der Waals surface area contributed by atoms with Gasteiger partial charge in [-0.2, -0.15) is 0 Å². The lowest BCUT2D eigenvalue weighted by Crippen LogP contribution is -2.34. The minimum Gasteiger partial charge on any atom is -0.550 e. The monoisotopic (exact) mass is 346 g/mol. The van der Waals surface area contributed by atoms with Crippen molar-refractivity contribution in [2.75, 3.05) is 6.79 Å². The van der Waals surface area contributed by atoms with E-state index in [0.717, 1.165) is 0 Å². The Morgan fingerprint density at radius 2 is 1.83 bits per heavy atom. The van der Waals surface area contributed by atoms with Crippen molar-refractivity contribution in [1.82, 2.24) is 5.32 Å². The van der Waals surface area contributed by atoms with E-state index in [1.165, 1.54) is 0 Å². The molecule has 1 amide bonds. The fourth-order valence-corrected chi connectivity index (χ4v) is 2.52. The molecule has 0 radical (unpaired) electrons. The first kappa shape index (κ1) is 16.1. The Labute approximate surface area is 143 Å². The van der Waals surface area contributed by atoms with Gasteiger partial charge in [0.25, 0.3) is 5.91 Å². The van der Waals surface area contributed by atoms with Crippen LogP contribution in [0.15, 0.2) is 42.5 Å². The van der Waals surface area contributed by atoms with Crippen molar-refractivity contribution in [2.45, 2.75) is 12.5 Å². The van der Waals surface area contributed by atoms with E-state index in [-0.39, 0.29) is 13.2 Å². The van der Waals surface area contributed by atoms with Crippen LogP contribution < -0.4 is 19.9 Å². The maximum atomic E-state index is 12.3. The molecule has 0 saturated carbocycles. The molecule has 1 aliphatic heterocycles. The number of carboxylic acid groups (broad SMARTS) is 1. The van der Waals surface area contributed by atoms with Crippen LogP contribution >= 0.6 is 11.6 Å². The van der Waals surface area contributed by atoms with Crippen molar-refractivity contribution < 1.29 is 24.2 Å². The van der Waals surface area contributed by atoms with E-state index in [2.05, 4.69) is 5.32 Å². The van der Waals surface area contributed by atoms with Gasteiger partial charge in [-0.1, -0.05) is 17.7 Å². The molecule has 0 saturated heterocycles. The van der Waals surface area contributed by atoms with Crippen LogP contribution in [0.4, 0.5) is 0 Å². The third-order valence-electron chi connectivity index (χ3n) is 3.58. The molecule has 1 aliphatic rings. The van der Waals surface area contributed by atoms with E-state index < -0.39 is 17.9 Å². The zero-order valence-corrected chi connectivity index (χ0v) is 13.2. The minimum atomic E-state index is -1.27. The second-order valence-electron chi connectivity index (χ2n) is 5.22. The van der Waals surface area contributed by atoms with Gasteiger partial charge in [0.1, 0.15) is 0 Å². The summed E-state index contributed by atoms with van der Waals surface area (Å²) in [5.41, 5.74) is 0.967. The number of benzene rings is 2. The number of amides is 1. The van der Waals surface area contributed by atoms with E-state index in [1.54, 1.807) is 42.5 Å². The summed E-state index contributed by atoms with van der Waals surface area (Å²) in [6.45, 7) is 0.112. The molecule has 3 rings (SSSR count). The number of carbonyl (C=O) groups is 2. The molecule has 0 fully saturated rings. The van der Waals surface area contributed by atoms with Crippen molar-refractivity contribution in [2.24, 2.45) is 0 Å². The number of carbonyl (C=O) groups excluding carboxylic acids is 2. The lowest BCUT2D eigenvalue weighted by atomic mass is 10.0. The number of hydrogen-bond acceptors (Lipinski definition) is 5. The molecule has 0 aromatic heterocycles. The smallest absolute Gasteiger partial charge is 0.251 e. The van der Waals surface area contributed by atoms with Crippen molar-refractivity contribution >= 4 is 23.5 Å². The Balaban J connectivity index is 1.82. The van der Waals surface area contributed by atoms with E-state index >= 15 is 0 Å². The van der Waals surface area contributed by atoms with Crippen LogP contribution in [0.2, 0.25) is 5.02 Å². The number of ether oxygens (including phenoxy) is 2. The number of halogens is 1. The first-order chi connectivity index (χ1) is 11.5. The molecule has 6 nitrogen and oxygen atoms in total. The predicted molar refractivity (Wildman–Crippen MR) is 83.8 cm³/mol. The maximum Gasteiger partial charge on any atom is 0.251 e. The van der Waals surface area contributed by atoms with Gasteiger partial charge in [-0.15, -0.1) is 0 Å². The zero-order chi connectivity index (χ0) is 17.1. The number of rotatable bonds is 5. The molecule has 1 atom stereocenters. The van der Waals surface area contributed by atoms with Gasteiger partial charge in [-0.25, -0.2) is 0 Å². The summed E-state index contributed by atoms with van der Waals surface area (Å²) in [6, 6.07) is 10.6. The number of carboxylic acids is 1. The quantitative estimate of drug-likeness (QED) is 0.890. The van der Waals surface area contributed by atoms with Gasteiger partial charge in [0.05, 0.1) is 6.04 Å². The summed E-state index contributed by atoms with van der Waals surface area (Å²) in [7, 11) is 0. The Bertz CT molecular complexity index is 775. The average Bonchev–Trinajstić information content (AvgIpc) is 3.02. The standard InChI is InChI=1S/C17H14ClNO5/c18-12-4-1-10(2-5-12)17(22)19-13(8-16(20)21)11-3-6-14-15(7-11)24-9-23-14/h1-7,13H,8-9H2,(H,19,22)(H,20,21)/p-1/t13-/m1/s1. The van der Waals surface area contributed by atoms with E-state index in [1.807, 2.05) is 0 Å². The Morgan fingerprint density at radius 1 is 1.12 bits per heavy atom. The molecule has 0 aliphatic carbocycles. The normalized spacial score (nSPS) is 13.4. The fourth-order valence-electron chi connectivity index (χ4n) is 2.39. The highest BCUT2D eigenvalue weighted by Crippen LogP contribution is 2.34. The van der Waals surface area contributed by atoms with Gasteiger partial charge in [0.2, 0.25) is 6.79 Å². The lowest BCUT2D eigenvalue weighted by Gasteiger charge is -2.20. The highest BCUT2D eigenvalue weighted by atomic mass is 35.5. The first-order valence-corrected chi connectivity index (χ1v) is 7.56. The average molecular weight is 347 g/mol. The molecule has 124 valence electrons. The number of hydrogen-bond donors (Lipinski definition) is 1. The molecule has 0 unspecified atom stereocenters. The Hall–Kier alpha value is -2.73. The van der Waals surface area contributed by atoms with E-state index in [9.17, 15) is 14.7 Å². The number of fused-ring (bicyclic) bond motifs is 1. The highest BCUT2D eigenvalue weighted by molar-refractivity contribution is 6.30. The SMILES string of the molecule is O=C([O-])C[C@@H](NC(=O)c1ccc(Cl)cc1)c1ccc2c(c1)OCO2. The molecule has 24 heavy (non-hydrogen) atoms. The van der Waals surface area contributed by atoms with Crippen LogP contribution in [-0.2, 0) is 4.79 Å². The maximum absolute atomic E-state index is 12.3. The topological polar surface area (TPSA) is 87.7 Å². The summed E-state index contributed by atoms with van der Waals surface area (Å²) in [5, 5.41) is 14.2. The minimum absolute atomic E-state index is 0.112. The summed E-state index contributed by atoms with van der Waals surface area (Å²) >= 11 is 5.80. The van der Waals surface area contributed by atoms with E-state index in [4.69, 9.17) is 21.1 Å². The highest BCUT2D eigenvalue weighted by Gasteiger charge is 2.20. The van der Waals surface area contributed by atoms with Crippen molar-refractivity contribution in [1.29, 1.82) is 0 Å². The predicted octanol–water partition coefficient (Wildman–Crippen LogP) is 1.68. The largest absolute Gasteiger partial charge is 0.550 e. The molecular weight excluding hydrogens is 334 g/mol. The van der Waals surface area contributed by atoms with Crippen molar-refractivity contribution in [3.05, 3.63) is 58.6 Å². The van der Waals surface area contributed by atoms with Gasteiger partial charge in [0, 0.05) is 23.0 Å². The number of nitrogens with one attached hydrogen (secondary N) is 1. The van der Waals surface area contributed by atoms with Gasteiger partial charge in [-0.3, -0.25) is 4.79 Å². The lowest BCUT2D eigenvalue weighted by molar-refractivity contribution is -0.306. The van der Waals surface area contributed by atoms with Crippen molar-refractivity contribution in [3.8, 4) is 11.5 Å². The van der Waals surface area contributed by atoms with E-state index in [0.29, 0.717) is 27.6 Å². The summed E-state index contributed by atoms with van der Waals surface area (Å²) in [4.78, 5) is 23.4. The zero-order valence-electron chi connectivity index (χ0n) is 12.5. The Kier molecular flexibility index (Phi) is 4.57. The van der Waals surface area contributed by atoms with Gasteiger partial charge in [0.15, 0.2) is 11.5 Å². The third kappa shape index (κ3) is 3.60. The van der Waals surface area contributed by atoms with Gasteiger partial charge >= 0.3 is 0 Å². The van der Waals surface area contributed by atoms with Crippen molar-refractivity contribution in [3.63, 3.8) is 0 Å². The fraction of sp³-hybridized carbons (Fsp3) is 0.176. The third-order valence-corrected chi connectivity index (χ3v) is 3.83. The molecule has 2 aromatic rings. The Morgan fingerprint density at radius 3 is 2.54 bits per heavy atom. The molecule has 0 bridgehead atoms. The van der Waals surface area contributed by atoms with Crippen LogP contribution in [-0.4, -0.2) is 18.7 Å². The second kappa shape index (κ2) is 6.80. The van der Waals surface area contributed by atoms with Crippen LogP contribution in [0.5, 0.6) is 11.5 Å². The van der Waals surface area contributed by atoms with Gasteiger partial charge in [-0.05, 0) is 42.0 Å². The van der Waals surface area contributed by atoms with Crippen LogP contribution in [0, 0.1) is 0 Å². The number of aliphatic carboxylic acids is 1. The summed E-state index contributed by atoms with van der Waals surface area (Å²) in [6.07, 6.45) is -0.362. The van der Waals surface area contributed by atoms with Crippen LogP contribution in [0.25, 0.3) is 0 Å². The molecule has 1 N–H and O–H groups in total. The second-order valence-corrected chi connectivity index (χ2v) is 5.66. The molecule has 0 spiro atoms. The molecule has 7 heteroatoms. The first-order valence-electron chi connectivity index (χ1n) is 7.19. The molecular formula is C17H13ClNO5-. The molecule has 1 heterocycles. The van der Waals surface area contributed by atoms with Crippen LogP contribution in [0.3, 0.4) is 0 Å². The van der Waals surface area contributed by atoms with Crippen LogP contribution in [0.1, 0.15) is 28.4 Å². The summed E-state index contributed by atoms with van der Waals surface area (Å²) in [5.74, 6) is -0.587.